The highest BCUT2D eigenvalue weighted by atomic mass is 35.5. The highest BCUT2D eigenvalue weighted by Gasteiger charge is 2.14. The lowest BCUT2D eigenvalue weighted by molar-refractivity contribution is 0.102. The van der Waals surface area contributed by atoms with Crippen LogP contribution in [0.25, 0.3) is 0 Å². The molecule has 0 saturated heterocycles. The zero-order chi connectivity index (χ0) is 20.3. The molecule has 2 aromatic carbocycles. The third-order valence-electron chi connectivity index (χ3n) is 4.35. The molecule has 7 heteroatoms. The molecule has 1 aromatic heterocycles. The number of aromatic nitrogens is 2. The number of amides is 1. The van der Waals surface area contributed by atoms with Gasteiger partial charge in [-0.15, -0.1) is 0 Å². The van der Waals surface area contributed by atoms with Crippen LogP contribution < -0.4 is 15.4 Å². The van der Waals surface area contributed by atoms with Gasteiger partial charge in [-0.3, -0.25) is 4.79 Å². The number of nitrogens with one attached hydrogen (secondary N) is 2. The summed E-state index contributed by atoms with van der Waals surface area (Å²) in [7, 11) is 1.52. The number of nitrogens with zero attached hydrogens (tertiary/aromatic N) is 2. The van der Waals surface area contributed by atoms with E-state index in [0.29, 0.717) is 22.3 Å². The number of hydrogen-bond acceptors (Lipinski definition) is 5. The molecule has 0 fully saturated rings. The van der Waals surface area contributed by atoms with Crippen LogP contribution in [0.5, 0.6) is 5.75 Å². The van der Waals surface area contributed by atoms with Gasteiger partial charge in [-0.1, -0.05) is 29.8 Å². The maximum atomic E-state index is 12.5. The van der Waals surface area contributed by atoms with Crippen LogP contribution in [0, 0.1) is 20.8 Å². The van der Waals surface area contributed by atoms with Crippen LogP contribution in [-0.2, 0) is 0 Å². The van der Waals surface area contributed by atoms with Crippen molar-refractivity contribution in [1.29, 1.82) is 0 Å². The topological polar surface area (TPSA) is 76.1 Å². The van der Waals surface area contributed by atoms with E-state index in [-0.39, 0.29) is 11.6 Å². The third kappa shape index (κ3) is 4.23. The summed E-state index contributed by atoms with van der Waals surface area (Å²) in [4.78, 5) is 21.1. The van der Waals surface area contributed by atoms with Gasteiger partial charge < -0.3 is 15.4 Å². The number of para-hydroxylation sites is 1. The normalized spacial score (nSPS) is 10.5. The number of hydrogen-bond donors (Lipinski definition) is 2. The van der Waals surface area contributed by atoms with Crippen LogP contribution in [0.4, 0.5) is 17.2 Å². The fourth-order valence-electron chi connectivity index (χ4n) is 2.77. The number of aryl methyl sites for hydroxylation is 3. The Bertz CT molecular complexity index is 999. The molecule has 0 radical (unpaired) electrons. The van der Waals surface area contributed by atoms with E-state index in [1.807, 2.05) is 39.0 Å². The van der Waals surface area contributed by atoms with Crippen LogP contribution in [-0.4, -0.2) is 23.0 Å². The molecular formula is C21H21ClN4O2. The van der Waals surface area contributed by atoms with Crippen molar-refractivity contribution < 1.29 is 9.53 Å². The molecule has 0 aliphatic carbocycles. The largest absolute Gasteiger partial charge is 0.495 e. The number of carbonyl (C=O) groups excluding carboxylic acids is 1. The predicted molar refractivity (Wildman–Crippen MR) is 112 cm³/mol. The van der Waals surface area contributed by atoms with E-state index in [1.54, 1.807) is 12.1 Å². The molecule has 0 bridgehead atoms. The van der Waals surface area contributed by atoms with Gasteiger partial charge in [-0.05, 0) is 43.5 Å². The number of ether oxygens (including phenoxy) is 1. The Morgan fingerprint density at radius 2 is 1.75 bits per heavy atom. The average Bonchev–Trinajstić information content (AvgIpc) is 2.68. The first-order valence-corrected chi connectivity index (χ1v) is 9.07. The minimum atomic E-state index is -0.383. The standard InChI is InChI=1S/C21H21ClN4O2/c1-12-6-5-7-13(2)20(12)26-19-11-23-17(10-24-19)21(27)25-16-8-14(3)15(22)9-18(16)28-4/h5-11H,1-4H3,(H,24,26)(H,25,27). The fraction of sp³-hybridized carbons (Fsp3) is 0.190. The Labute approximate surface area is 168 Å². The Balaban J connectivity index is 1.77. The molecule has 2 N–H and O–H groups in total. The average molecular weight is 397 g/mol. The molecule has 0 aliphatic heterocycles. The number of rotatable bonds is 5. The molecule has 3 aromatic rings. The number of anilines is 3. The molecule has 0 aliphatic rings. The highest BCUT2D eigenvalue weighted by Crippen LogP contribution is 2.31. The number of carbonyl (C=O) groups is 1. The molecule has 1 amide bonds. The van der Waals surface area contributed by atoms with Crippen LogP contribution in [0.3, 0.4) is 0 Å². The van der Waals surface area contributed by atoms with E-state index in [0.717, 1.165) is 22.4 Å². The minimum absolute atomic E-state index is 0.196. The zero-order valence-corrected chi connectivity index (χ0v) is 16.9. The molecule has 144 valence electrons. The van der Waals surface area contributed by atoms with Gasteiger partial charge in [0.15, 0.2) is 0 Å². The second kappa shape index (κ2) is 8.27. The summed E-state index contributed by atoms with van der Waals surface area (Å²) in [6.07, 6.45) is 2.96. The van der Waals surface area contributed by atoms with Crippen molar-refractivity contribution in [3.8, 4) is 5.75 Å². The van der Waals surface area contributed by atoms with Gasteiger partial charge in [0.1, 0.15) is 17.3 Å². The molecule has 3 rings (SSSR count). The third-order valence-corrected chi connectivity index (χ3v) is 4.75. The molecule has 0 atom stereocenters. The van der Waals surface area contributed by atoms with E-state index in [4.69, 9.17) is 16.3 Å². The summed E-state index contributed by atoms with van der Waals surface area (Å²) in [5.41, 5.74) is 4.74. The van der Waals surface area contributed by atoms with E-state index in [9.17, 15) is 4.79 Å². The molecule has 1 heterocycles. The maximum absolute atomic E-state index is 12.5. The van der Waals surface area contributed by atoms with Gasteiger partial charge in [-0.25, -0.2) is 9.97 Å². The second-order valence-corrected chi connectivity index (χ2v) is 6.84. The van der Waals surface area contributed by atoms with Crippen LogP contribution in [0.15, 0.2) is 42.7 Å². The predicted octanol–water partition coefficient (Wildman–Crippen LogP) is 5.06. The van der Waals surface area contributed by atoms with Gasteiger partial charge >= 0.3 is 0 Å². The Morgan fingerprint density at radius 1 is 1.04 bits per heavy atom. The Kier molecular flexibility index (Phi) is 5.80. The van der Waals surface area contributed by atoms with E-state index in [2.05, 4.69) is 20.6 Å². The number of halogens is 1. The van der Waals surface area contributed by atoms with Gasteiger partial charge in [0.05, 0.1) is 25.2 Å². The molecular weight excluding hydrogens is 376 g/mol. The van der Waals surface area contributed by atoms with Gasteiger partial charge in [0.2, 0.25) is 0 Å². The van der Waals surface area contributed by atoms with Crippen molar-refractivity contribution in [3.63, 3.8) is 0 Å². The summed E-state index contributed by atoms with van der Waals surface area (Å²) in [5, 5.41) is 6.60. The molecule has 0 spiro atoms. The van der Waals surface area contributed by atoms with Crippen LogP contribution in [0.2, 0.25) is 5.02 Å². The Morgan fingerprint density at radius 3 is 2.36 bits per heavy atom. The van der Waals surface area contributed by atoms with E-state index in [1.165, 1.54) is 19.5 Å². The first kappa shape index (κ1) is 19.6. The summed E-state index contributed by atoms with van der Waals surface area (Å²) in [5.74, 6) is 0.658. The molecule has 28 heavy (non-hydrogen) atoms. The Hall–Kier alpha value is -3.12. The lowest BCUT2D eigenvalue weighted by Gasteiger charge is -2.13. The first-order chi connectivity index (χ1) is 13.4. The maximum Gasteiger partial charge on any atom is 0.275 e. The first-order valence-electron chi connectivity index (χ1n) is 8.70. The minimum Gasteiger partial charge on any atom is -0.495 e. The molecule has 6 nitrogen and oxygen atoms in total. The van der Waals surface area contributed by atoms with Crippen molar-refractivity contribution in [2.45, 2.75) is 20.8 Å². The van der Waals surface area contributed by atoms with Crippen molar-refractivity contribution in [1.82, 2.24) is 9.97 Å². The van der Waals surface area contributed by atoms with Crippen molar-refractivity contribution in [2.75, 3.05) is 17.7 Å². The lowest BCUT2D eigenvalue weighted by Crippen LogP contribution is -2.15. The number of methoxy groups -OCH3 is 1. The van der Waals surface area contributed by atoms with Crippen molar-refractivity contribution in [3.05, 3.63) is 70.1 Å². The van der Waals surface area contributed by atoms with Crippen LogP contribution in [0.1, 0.15) is 27.2 Å². The second-order valence-electron chi connectivity index (χ2n) is 6.43. The number of benzene rings is 2. The summed E-state index contributed by atoms with van der Waals surface area (Å²) in [6, 6.07) is 9.46. The van der Waals surface area contributed by atoms with Crippen molar-refractivity contribution >= 4 is 34.7 Å². The van der Waals surface area contributed by atoms with Gasteiger partial charge in [-0.2, -0.15) is 0 Å². The molecule has 0 saturated carbocycles. The SMILES string of the molecule is COc1cc(Cl)c(C)cc1NC(=O)c1cnc(Nc2c(C)cccc2C)cn1. The summed E-state index contributed by atoms with van der Waals surface area (Å²) in [6.45, 7) is 5.89. The fourth-order valence-corrected chi connectivity index (χ4v) is 2.92. The van der Waals surface area contributed by atoms with Gasteiger partial charge in [0.25, 0.3) is 5.91 Å². The van der Waals surface area contributed by atoms with E-state index >= 15 is 0 Å². The monoisotopic (exact) mass is 396 g/mol. The lowest BCUT2D eigenvalue weighted by atomic mass is 10.1. The van der Waals surface area contributed by atoms with Crippen LogP contribution >= 0.6 is 11.6 Å². The highest BCUT2D eigenvalue weighted by molar-refractivity contribution is 6.31. The summed E-state index contributed by atoms with van der Waals surface area (Å²) < 4.78 is 5.28. The summed E-state index contributed by atoms with van der Waals surface area (Å²) >= 11 is 6.10. The smallest absolute Gasteiger partial charge is 0.275 e. The zero-order valence-electron chi connectivity index (χ0n) is 16.1. The molecule has 0 unspecified atom stereocenters. The van der Waals surface area contributed by atoms with E-state index < -0.39 is 0 Å². The van der Waals surface area contributed by atoms with Crippen molar-refractivity contribution in [2.24, 2.45) is 0 Å². The van der Waals surface area contributed by atoms with Gasteiger partial charge in [0, 0.05) is 16.8 Å². The quantitative estimate of drug-likeness (QED) is 0.630.